The van der Waals surface area contributed by atoms with Crippen molar-refractivity contribution in [2.45, 2.75) is 6.54 Å². The number of benzene rings is 3. The molecule has 2 heteroatoms. The fourth-order valence-corrected chi connectivity index (χ4v) is 2.74. The van der Waals surface area contributed by atoms with Crippen LogP contribution in [0.5, 0.6) is 0 Å². The Morgan fingerprint density at radius 2 is 1.60 bits per heavy atom. The molecule has 0 unspecified atom stereocenters. The molecule has 0 fully saturated rings. The van der Waals surface area contributed by atoms with E-state index in [0.29, 0.717) is 0 Å². The predicted molar refractivity (Wildman–Crippen MR) is 82.8 cm³/mol. The van der Waals surface area contributed by atoms with E-state index in [1.807, 2.05) is 12.4 Å². The Bertz CT molecular complexity index is 876. The summed E-state index contributed by atoms with van der Waals surface area (Å²) in [6.45, 7) is 0.853. The molecule has 0 bridgehead atoms. The van der Waals surface area contributed by atoms with Crippen LogP contribution in [0.3, 0.4) is 0 Å². The van der Waals surface area contributed by atoms with Gasteiger partial charge in [-0.15, -0.1) is 0 Å². The molecule has 3 aromatic carbocycles. The number of fused-ring (bicyclic) bond motifs is 3. The van der Waals surface area contributed by atoms with Crippen molar-refractivity contribution in [3.05, 3.63) is 78.6 Å². The van der Waals surface area contributed by atoms with Crippen molar-refractivity contribution in [1.82, 2.24) is 9.55 Å². The van der Waals surface area contributed by atoms with Crippen molar-refractivity contribution < 1.29 is 0 Å². The minimum absolute atomic E-state index is 0.853. The average Bonchev–Trinajstić information content (AvgIpc) is 2.92. The van der Waals surface area contributed by atoms with Gasteiger partial charge in [-0.05, 0) is 17.0 Å². The van der Waals surface area contributed by atoms with Gasteiger partial charge in [-0.2, -0.15) is 0 Å². The van der Waals surface area contributed by atoms with Crippen LogP contribution in [0.2, 0.25) is 0 Å². The van der Waals surface area contributed by atoms with Crippen LogP contribution in [0.4, 0.5) is 0 Å². The second-order valence-corrected chi connectivity index (χ2v) is 5.01. The highest BCUT2D eigenvalue weighted by Gasteiger charge is 2.07. The van der Waals surface area contributed by atoms with E-state index in [-0.39, 0.29) is 0 Å². The van der Waals surface area contributed by atoms with E-state index in [4.69, 9.17) is 0 Å². The number of imidazole rings is 1. The first-order valence-electron chi connectivity index (χ1n) is 6.78. The molecule has 4 rings (SSSR count). The normalized spacial score (nSPS) is 11.2. The zero-order valence-corrected chi connectivity index (χ0v) is 11.0. The van der Waals surface area contributed by atoms with E-state index in [2.05, 4.69) is 70.2 Å². The van der Waals surface area contributed by atoms with Crippen molar-refractivity contribution in [1.29, 1.82) is 0 Å². The van der Waals surface area contributed by atoms with Crippen molar-refractivity contribution >= 4 is 21.8 Å². The highest BCUT2D eigenvalue weighted by Crippen LogP contribution is 2.25. The van der Waals surface area contributed by atoms with Crippen molar-refractivity contribution in [2.75, 3.05) is 0 Å². The average molecular weight is 258 g/mol. The van der Waals surface area contributed by atoms with Gasteiger partial charge >= 0.3 is 0 Å². The first-order valence-corrected chi connectivity index (χ1v) is 6.78. The third kappa shape index (κ3) is 1.77. The van der Waals surface area contributed by atoms with Crippen molar-refractivity contribution in [3.8, 4) is 0 Å². The maximum absolute atomic E-state index is 4.53. The van der Waals surface area contributed by atoms with Gasteiger partial charge in [0.05, 0.1) is 17.4 Å². The Hall–Kier alpha value is -2.61. The summed E-state index contributed by atoms with van der Waals surface area (Å²) < 4.78 is 2.23. The smallest absolute Gasteiger partial charge is 0.0961 e. The summed E-state index contributed by atoms with van der Waals surface area (Å²) in [5, 5.41) is 2.52. The van der Waals surface area contributed by atoms with Gasteiger partial charge < -0.3 is 4.57 Å². The Kier molecular flexibility index (Phi) is 2.52. The van der Waals surface area contributed by atoms with Gasteiger partial charge in [0.15, 0.2) is 0 Å². The summed E-state index contributed by atoms with van der Waals surface area (Å²) in [4.78, 5) is 4.53. The minimum Gasteiger partial charge on any atom is -0.326 e. The van der Waals surface area contributed by atoms with Gasteiger partial charge in [-0.3, -0.25) is 0 Å². The second-order valence-electron chi connectivity index (χ2n) is 5.01. The fraction of sp³-hybridized carbons (Fsp3) is 0.0556. The SMILES string of the molecule is c1ccc(Cn2cnc3ccc4ccccc4c32)cc1. The summed E-state index contributed by atoms with van der Waals surface area (Å²) in [5.41, 5.74) is 3.56. The van der Waals surface area contributed by atoms with Gasteiger partial charge in [0.25, 0.3) is 0 Å². The zero-order valence-electron chi connectivity index (χ0n) is 11.0. The molecule has 2 nitrogen and oxygen atoms in total. The largest absolute Gasteiger partial charge is 0.326 e. The van der Waals surface area contributed by atoms with Crippen LogP contribution in [-0.4, -0.2) is 9.55 Å². The van der Waals surface area contributed by atoms with E-state index in [9.17, 15) is 0 Å². The first-order chi connectivity index (χ1) is 9.92. The van der Waals surface area contributed by atoms with Gasteiger partial charge in [-0.1, -0.05) is 60.7 Å². The molecule has 0 aliphatic heterocycles. The summed E-state index contributed by atoms with van der Waals surface area (Å²) >= 11 is 0. The molecule has 20 heavy (non-hydrogen) atoms. The highest BCUT2D eigenvalue weighted by molar-refractivity contribution is 6.04. The van der Waals surface area contributed by atoms with Gasteiger partial charge in [0.1, 0.15) is 0 Å². The molecule has 0 aliphatic rings. The molecule has 0 saturated carbocycles. The molecule has 0 atom stereocenters. The second kappa shape index (κ2) is 4.49. The van der Waals surface area contributed by atoms with E-state index in [0.717, 1.165) is 12.1 Å². The minimum atomic E-state index is 0.853. The zero-order chi connectivity index (χ0) is 13.4. The van der Waals surface area contributed by atoms with Crippen molar-refractivity contribution in [2.24, 2.45) is 0 Å². The highest BCUT2D eigenvalue weighted by atomic mass is 15.0. The first kappa shape index (κ1) is 11.2. The molecule has 0 aliphatic carbocycles. The van der Waals surface area contributed by atoms with E-state index in [1.54, 1.807) is 0 Å². The number of hydrogen-bond donors (Lipinski definition) is 0. The Morgan fingerprint density at radius 3 is 2.50 bits per heavy atom. The molecule has 96 valence electrons. The van der Waals surface area contributed by atoms with Crippen LogP contribution >= 0.6 is 0 Å². The monoisotopic (exact) mass is 258 g/mol. The van der Waals surface area contributed by atoms with Crippen molar-refractivity contribution in [3.63, 3.8) is 0 Å². The molecule has 0 saturated heterocycles. The topological polar surface area (TPSA) is 17.8 Å². The quantitative estimate of drug-likeness (QED) is 0.526. The van der Waals surface area contributed by atoms with Crippen LogP contribution in [0, 0.1) is 0 Å². The van der Waals surface area contributed by atoms with Gasteiger partial charge in [-0.25, -0.2) is 4.98 Å². The lowest BCUT2D eigenvalue weighted by Gasteiger charge is -2.07. The molecular formula is C18H14N2. The molecule has 0 radical (unpaired) electrons. The number of hydrogen-bond acceptors (Lipinski definition) is 1. The molecular weight excluding hydrogens is 244 g/mol. The standard InChI is InChI=1S/C18H14N2/c1-2-6-14(7-3-1)12-20-13-19-17-11-10-15-8-4-5-9-16(15)18(17)20/h1-11,13H,12H2. The van der Waals surface area contributed by atoms with Gasteiger partial charge in [0, 0.05) is 11.9 Å². The molecule has 0 spiro atoms. The molecule has 0 amide bonds. The maximum Gasteiger partial charge on any atom is 0.0961 e. The Morgan fingerprint density at radius 1 is 0.800 bits per heavy atom. The van der Waals surface area contributed by atoms with Gasteiger partial charge in [0.2, 0.25) is 0 Å². The summed E-state index contributed by atoms with van der Waals surface area (Å²) in [7, 11) is 0. The van der Waals surface area contributed by atoms with Crippen LogP contribution in [0.15, 0.2) is 73.1 Å². The lowest BCUT2D eigenvalue weighted by Crippen LogP contribution is -1.97. The molecule has 1 aromatic heterocycles. The van der Waals surface area contributed by atoms with E-state index in [1.165, 1.54) is 21.9 Å². The van der Waals surface area contributed by atoms with E-state index < -0.39 is 0 Å². The third-order valence-corrected chi connectivity index (χ3v) is 3.70. The fourth-order valence-electron chi connectivity index (χ4n) is 2.74. The number of nitrogens with zero attached hydrogens (tertiary/aromatic N) is 2. The predicted octanol–water partition coefficient (Wildman–Crippen LogP) is 4.24. The molecule has 0 N–H and O–H groups in total. The lowest BCUT2D eigenvalue weighted by atomic mass is 10.1. The summed E-state index contributed by atoms with van der Waals surface area (Å²) in [6, 6.07) is 23.2. The number of aromatic nitrogens is 2. The summed E-state index contributed by atoms with van der Waals surface area (Å²) in [5.74, 6) is 0. The van der Waals surface area contributed by atoms with E-state index >= 15 is 0 Å². The third-order valence-electron chi connectivity index (χ3n) is 3.70. The Labute approximate surface area is 117 Å². The molecule has 1 heterocycles. The van der Waals surface area contributed by atoms with Crippen LogP contribution < -0.4 is 0 Å². The Balaban J connectivity index is 1.94. The summed E-state index contributed by atoms with van der Waals surface area (Å²) in [6.07, 6.45) is 1.93. The number of rotatable bonds is 2. The van der Waals surface area contributed by atoms with Crippen LogP contribution in [-0.2, 0) is 6.54 Å². The maximum atomic E-state index is 4.53. The lowest BCUT2D eigenvalue weighted by molar-refractivity contribution is 0.827. The van der Waals surface area contributed by atoms with Crippen LogP contribution in [0.25, 0.3) is 21.8 Å². The van der Waals surface area contributed by atoms with Crippen LogP contribution in [0.1, 0.15) is 5.56 Å². The molecule has 4 aromatic rings.